The van der Waals surface area contributed by atoms with Crippen molar-refractivity contribution in [1.29, 1.82) is 0 Å². The van der Waals surface area contributed by atoms with E-state index in [4.69, 9.17) is 24.7 Å². The molecule has 0 unspecified atom stereocenters. The van der Waals surface area contributed by atoms with Crippen LogP contribution < -0.4 is 9.63 Å². The number of carboxylic acid groups (broad SMARTS) is 2. The van der Waals surface area contributed by atoms with Gasteiger partial charge in [-0.25, -0.2) is 24.2 Å². The van der Waals surface area contributed by atoms with Crippen LogP contribution in [0.1, 0.15) is 20.7 Å². The molecule has 1 aromatic carbocycles. The van der Waals surface area contributed by atoms with Gasteiger partial charge in [0.1, 0.15) is 5.75 Å². The minimum Gasteiger partial charge on any atom is -0.625 e. The second kappa shape index (κ2) is 5.93. The van der Waals surface area contributed by atoms with E-state index in [1.54, 1.807) is 0 Å². The van der Waals surface area contributed by atoms with Gasteiger partial charge in [-0.05, 0) is 18.2 Å². The molecule has 0 spiro atoms. The Balaban J connectivity index is 3.21. The number of carboxylic acids is 2. The number of hydrogen-bond donors (Lipinski definition) is 4. The second-order valence-corrected chi connectivity index (χ2v) is 5.08. The fourth-order valence-corrected chi connectivity index (χ4v) is 1.71. The summed E-state index contributed by atoms with van der Waals surface area (Å²) in [5, 5.41) is 17.2. The van der Waals surface area contributed by atoms with E-state index in [2.05, 4.69) is 0 Å². The number of hydrogen-bond acceptors (Lipinski definition) is 7. The summed E-state index contributed by atoms with van der Waals surface area (Å²) >= 11 is 0. The van der Waals surface area contributed by atoms with Gasteiger partial charge in [-0.2, -0.15) is 0 Å². The van der Waals surface area contributed by atoms with Crippen LogP contribution in [0.25, 0.3) is 0 Å². The van der Waals surface area contributed by atoms with Gasteiger partial charge >= 0.3 is 25.4 Å². The number of ether oxygens (including phenoxy) is 1. The topological polar surface area (TPSA) is 164 Å². The maximum Gasteiger partial charge on any atom is 0.352 e. The molecule has 10 heteroatoms. The molecular formula is C10H9O9P. The fraction of sp³-hybridized carbons (Fsp3) is 0.100. The van der Waals surface area contributed by atoms with Crippen molar-refractivity contribution in [1.82, 2.24) is 0 Å². The zero-order valence-electron chi connectivity index (χ0n) is 9.72. The lowest BCUT2D eigenvalue weighted by atomic mass is 10.1. The molecule has 0 amide bonds. The Morgan fingerprint density at radius 3 is 2.10 bits per heavy atom. The van der Waals surface area contributed by atoms with E-state index in [9.17, 15) is 19.3 Å². The monoisotopic (exact) mass is 304 g/mol. The Kier molecular flexibility index (Phi) is 4.74. The lowest BCUT2D eigenvalue weighted by Gasteiger charge is -2.13. The molecule has 0 aromatic heterocycles. The van der Waals surface area contributed by atoms with Crippen LogP contribution in [0, 0.1) is 0 Å². The third kappa shape index (κ3) is 4.25. The Labute approximate surface area is 112 Å². The maximum atomic E-state index is 11.4. The Morgan fingerprint density at radius 1 is 1.10 bits per heavy atom. The Bertz CT molecular complexity index is 560. The molecule has 4 N–H and O–H groups in total. The first-order valence-corrected chi connectivity index (χ1v) is 6.56. The van der Waals surface area contributed by atoms with Crippen molar-refractivity contribution in [3.8, 4) is 5.75 Å². The largest absolute Gasteiger partial charge is 0.625 e. The zero-order valence-corrected chi connectivity index (χ0v) is 10.6. The van der Waals surface area contributed by atoms with E-state index in [1.165, 1.54) is 0 Å². The number of carbonyl (C=O) groups excluding carboxylic acids is 1. The zero-order chi connectivity index (χ0) is 15.5. The van der Waals surface area contributed by atoms with Crippen LogP contribution in [0.3, 0.4) is 0 Å². The highest BCUT2D eigenvalue weighted by Gasteiger charge is 2.34. The van der Waals surface area contributed by atoms with E-state index >= 15 is 0 Å². The van der Waals surface area contributed by atoms with Gasteiger partial charge in [-0.1, -0.05) is 0 Å². The van der Waals surface area contributed by atoms with E-state index in [1.807, 2.05) is 0 Å². The minimum absolute atomic E-state index is 0.302. The summed E-state index contributed by atoms with van der Waals surface area (Å²) in [6.07, 6.45) is 0. The van der Waals surface area contributed by atoms with Gasteiger partial charge in [0, 0.05) is 0 Å². The first-order valence-electron chi connectivity index (χ1n) is 4.94. The number of aliphatic carboxylic acids is 1. The molecule has 0 fully saturated rings. The minimum atomic E-state index is -5.09. The van der Waals surface area contributed by atoms with Crippen molar-refractivity contribution < 1.29 is 44.0 Å². The summed E-state index contributed by atoms with van der Waals surface area (Å²) in [5.74, 6) is -3.11. The van der Waals surface area contributed by atoms with Crippen molar-refractivity contribution in [3.63, 3.8) is 0 Å². The second-order valence-electron chi connectivity index (χ2n) is 3.58. The average Bonchev–Trinajstić information content (AvgIpc) is 2.33. The lowest BCUT2D eigenvalue weighted by molar-refractivity contribution is -0.203. The van der Waals surface area contributed by atoms with Gasteiger partial charge < -0.3 is 19.8 Å². The van der Waals surface area contributed by atoms with Crippen LogP contribution >= 0.6 is 7.94 Å². The first kappa shape index (κ1) is 16.0. The quantitative estimate of drug-likeness (QED) is 0.487. The van der Waals surface area contributed by atoms with Crippen LogP contribution in [-0.4, -0.2) is 44.1 Å². The molecule has 0 saturated heterocycles. The first-order chi connectivity index (χ1) is 9.11. The SMILES string of the molecule is O=C(O)COc1cc(C(=O)O)cc(C(=O)[P+]([O-])(O)O)c1. The molecule has 0 saturated carbocycles. The molecule has 1 aromatic rings. The molecule has 0 aliphatic rings. The molecule has 0 radical (unpaired) electrons. The van der Waals surface area contributed by atoms with E-state index < -0.39 is 43.1 Å². The number of rotatable bonds is 6. The summed E-state index contributed by atoms with van der Waals surface area (Å²) < 4.78 is 4.69. The van der Waals surface area contributed by atoms with Gasteiger partial charge in [0.25, 0.3) is 0 Å². The van der Waals surface area contributed by atoms with Crippen molar-refractivity contribution in [2.45, 2.75) is 0 Å². The molecule has 0 heterocycles. The normalized spacial score (nSPS) is 10.9. The molecule has 0 bridgehead atoms. The summed E-state index contributed by atoms with van der Waals surface area (Å²) in [5.41, 5.74) is -2.64. The van der Waals surface area contributed by atoms with Gasteiger partial charge in [0.15, 0.2) is 6.61 Å². The summed E-state index contributed by atoms with van der Waals surface area (Å²) in [4.78, 5) is 60.9. The summed E-state index contributed by atoms with van der Waals surface area (Å²) in [7, 11) is -5.09. The maximum absolute atomic E-state index is 11.4. The Hall–Kier alpha value is -2.06. The summed E-state index contributed by atoms with van der Waals surface area (Å²) in [6.45, 7) is -0.799. The van der Waals surface area contributed by atoms with Crippen LogP contribution in [0.15, 0.2) is 18.2 Å². The van der Waals surface area contributed by atoms with Gasteiger partial charge in [0.05, 0.1) is 11.1 Å². The fourth-order valence-electron chi connectivity index (χ4n) is 1.24. The molecular weight excluding hydrogens is 295 g/mol. The molecule has 20 heavy (non-hydrogen) atoms. The lowest BCUT2D eigenvalue weighted by Crippen LogP contribution is -2.18. The smallest absolute Gasteiger partial charge is 0.352 e. The van der Waals surface area contributed by atoms with E-state index in [0.717, 1.165) is 18.2 Å². The van der Waals surface area contributed by atoms with Gasteiger partial charge in [-0.15, -0.1) is 0 Å². The highest BCUT2D eigenvalue weighted by molar-refractivity contribution is 7.75. The van der Waals surface area contributed by atoms with Crippen LogP contribution in [0.4, 0.5) is 0 Å². The predicted octanol–water partition coefficient (Wildman–Crippen LogP) is -0.904. The van der Waals surface area contributed by atoms with Crippen LogP contribution in [0.2, 0.25) is 0 Å². The third-order valence-corrected chi connectivity index (χ3v) is 2.81. The van der Waals surface area contributed by atoms with Crippen molar-refractivity contribution in [2.75, 3.05) is 6.61 Å². The third-order valence-electron chi connectivity index (χ3n) is 2.03. The average molecular weight is 304 g/mol. The highest BCUT2D eigenvalue weighted by Crippen LogP contribution is 2.43. The summed E-state index contributed by atoms with van der Waals surface area (Å²) in [6, 6.07) is 2.55. The molecule has 0 atom stereocenters. The van der Waals surface area contributed by atoms with Gasteiger partial charge in [-0.3, -0.25) is 0 Å². The van der Waals surface area contributed by atoms with Crippen molar-refractivity contribution in [3.05, 3.63) is 29.3 Å². The molecule has 0 aliphatic carbocycles. The van der Waals surface area contributed by atoms with Crippen molar-refractivity contribution >= 4 is 25.4 Å². The molecule has 0 aliphatic heterocycles. The predicted molar refractivity (Wildman–Crippen MR) is 62.2 cm³/mol. The van der Waals surface area contributed by atoms with E-state index in [-0.39, 0.29) is 5.75 Å². The molecule has 1 rings (SSSR count). The standard InChI is InChI=1S/C10H9O9P/c11-8(12)4-19-7-2-5(9(13)14)1-6(3-7)10(15)20(16,17)18/h1-3H,4H2,(H,11,12)(H,13,14)(H2,16,17,18). The number of benzene rings is 1. The van der Waals surface area contributed by atoms with Crippen LogP contribution in [0.5, 0.6) is 5.75 Å². The van der Waals surface area contributed by atoms with E-state index in [0.29, 0.717) is 0 Å². The van der Waals surface area contributed by atoms with Crippen LogP contribution in [-0.2, 0) is 4.79 Å². The highest BCUT2D eigenvalue weighted by atomic mass is 31.2. The molecule has 9 nitrogen and oxygen atoms in total. The van der Waals surface area contributed by atoms with Crippen molar-refractivity contribution in [2.24, 2.45) is 0 Å². The number of aromatic carboxylic acids is 1. The van der Waals surface area contributed by atoms with Gasteiger partial charge in [0.2, 0.25) is 0 Å². The Morgan fingerprint density at radius 2 is 1.65 bits per heavy atom. The molecule has 108 valence electrons. The number of carbonyl (C=O) groups is 3.